The molecule has 0 spiro atoms. The molecule has 0 saturated carbocycles. The van der Waals surface area contributed by atoms with Gasteiger partial charge in [-0.25, -0.2) is 8.42 Å². The first-order valence-corrected chi connectivity index (χ1v) is 16.3. The van der Waals surface area contributed by atoms with E-state index in [0.717, 1.165) is 21.7 Å². The second kappa shape index (κ2) is 13.9. The lowest BCUT2D eigenvalue weighted by molar-refractivity contribution is -0.140. The lowest BCUT2D eigenvalue weighted by Gasteiger charge is -2.34. The molecule has 3 aromatic rings. The smallest absolute Gasteiger partial charge is 0.244 e. The van der Waals surface area contributed by atoms with Gasteiger partial charge in [-0.2, -0.15) is 0 Å². The molecule has 0 aliphatic rings. The Hall–Kier alpha value is -3.07. The molecule has 10 heteroatoms. The van der Waals surface area contributed by atoms with Crippen molar-refractivity contribution in [1.82, 2.24) is 10.2 Å². The molecule has 0 radical (unpaired) electrons. The van der Waals surface area contributed by atoms with Gasteiger partial charge in [-0.1, -0.05) is 92.5 Å². The summed E-state index contributed by atoms with van der Waals surface area (Å²) in [5.41, 5.74) is 2.53. The van der Waals surface area contributed by atoms with Crippen LogP contribution in [0.15, 0.2) is 72.8 Å². The molecule has 2 amide bonds. The highest BCUT2D eigenvalue weighted by atomic mass is 35.5. The second-order valence-electron chi connectivity index (χ2n) is 11.7. The number of carbonyl (C=O) groups is 2. The molecule has 3 aromatic carbocycles. The zero-order chi connectivity index (χ0) is 31.2. The Labute approximate surface area is 259 Å². The van der Waals surface area contributed by atoms with Gasteiger partial charge in [0.05, 0.1) is 11.9 Å². The molecule has 7 nitrogen and oxygen atoms in total. The number of nitrogens with one attached hydrogen (secondary N) is 1. The van der Waals surface area contributed by atoms with Crippen LogP contribution in [0, 0.1) is 0 Å². The third-order valence-electron chi connectivity index (χ3n) is 6.79. The number of amides is 2. The van der Waals surface area contributed by atoms with Crippen LogP contribution in [0.25, 0.3) is 0 Å². The van der Waals surface area contributed by atoms with Crippen LogP contribution >= 0.6 is 23.2 Å². The normalized spacial score (nSPS) is 12.6. The van der Waals surface area contributed by atoms with Gasteiger partial charge in [-0.05, 0) is 54.7 Å². The van der Waals surface area contributed by atoms with Crippen LogP contribution in [-0.4, -0.2) is 50.0 Å². The molecule has 0 aliphatic carbocycles. The Morgan fingerprint density at radius 2 is 1.45 bits per heavy atom. The maximum atomic E-state index is 14.2. The third-order valence-corrected chi connectivity index (χ3v) is 8.64. The minimum absolute atomic E-state index is 0.0963. The van der Waals surface area contributed by atoms with Crippen LogP contribution < -0.4 is 9.62 Å². The fraction of sp³-hybridized carbons (Fsp3) is 0.375. The van der Waals surface area contributed by atoms with E-state index >= 15 is 0 Å². The van der Waals surface area contributed by atoms with Crippen LogP contribution in [0.4, 0.5) is 5.69 Å². The lowest BCUT2D eigenvalue weighted by Crippen LogP contribution is -2.54. The summed E-state index contributed by atoms with van der Waals surface area (Å²) in [6.45, 7) is 9.24. The molecule has 42 heavy (non-hydrogen) atoms. The zero-order valence-corrected chi connectivity index (χ0v) is 27.2. The first-order chi connectivity index (χ1) is 19.6. The first-order valence-electron chi connectivity index (χ1n) is 13.7. The SMILES string of the molecule is CC(C)NC(=O)C(Cc1ccccc1)N(Cc1c(Cl)cccc1Cl)C(=O)CN(c1ccc(C(C)(C)C)cc1)S(C)(=O)=O. The van der Waals surface area contributed by atoms with E-state index < -0.39 is 28.5 Å². The average Bonchev–Trinajstić information content (AvgIpc) is 2.89. The molecule has 1 unspecified atom stereocenters. The number of rotatable bonds is 11. The number of anilines is 1. The van der Waals surface area contributed by atoms with E-state index in [1.165, 1.54) is 4.90 Å². The van der Waals surface area contributed by atoms with Gasteiger partial charge >= 0.3 is 0 Å². The summed E-state index contributed by atoms with van der Waals surface area (Å²) in [5.74, 6) is -0.943. The number of halogens is 2. The largest absolute Gasteiger partial charge is 0.352 e. The summed E-state index contributed by atoms with van der Waals surface area (Å²) in [5, 5.41) is 3.59. The van der Waals surface area contributed by atoms with E-state index in [1.807, 2.05) is 56.3 Å². The molecule has 3 rings (SSSR count). The van der Waals surface area contributed by atoms with E-state index in [2.05, 4.69) is 26.1 Å². The topological polar surface area (TPSA) is 86.8 Å². The van der Waals surface area contributed by atoms with E-state index in [0.29, 0.717) is 21.3 Å². The highest BCUT2D eigenvalue weighted by molar-refractivity contribution is 7.92. The molecule has 1 N–H and O–H groups in total. The van der Waals surface area contributed by atoms with Crippen LogP contribution in [-0.2, 0) is 38.0 Å². The number of hydrogen-bond acceptors (Lipinski definition) is 4. The summed E-state index contributed by atoms with van der Waals surface area (Å²) in [4.78, 5) is 29.2. The standard InChI is InChI=1S/C32H39Cl2N3O4S/c1-22(2)35-31(39)29(19-23-11-8-7-9-12-23)36(20-26-27(33)13-10-14-28(26)34)30(38)21-37(42(6,40)41)25-17-15-24(16-18-25)32(3,4)5/h7-18,22,29H,19-21H2,1-6H3,(H,35,39). The van der Waals surface area contributed by atoms with Crippen molar-refractivity contribution < 1.29 is 18.0 Å². The number of carbonyl (C=O) groups excluding carboxylic acids is 2. The molecule has 0 heterocycles. The molecule has 1 atom stereocenters. The minimum atomic E-state index is -3.87. The van der Waals surface area contributed by atoms with Crippen molar-refractivity contribution in [2.24, 2.45) is 0 Å². The summed E-state index contributed by atoms with van der Waals surface area (Å²) in [6, 6.07) is 20.3. The Balaban J connectivity index is 2.09. The summed E-state index contributed by atoms with van der Waals surface area (Å²) in [6.07, 6.45) is 1.26. The highest BCUT2D eigenvalue weighted by Crippen LogP contribution is 2.29. The highest BCUT2D eigenvalue weighted by Gasteiger charge is 2.34. The number of sulfonamides is 1. The van der Waals surface area contributed by atoms with Gasteiger partial charge in [0.1, 0.15) is 12.6 Å². The van der Waals surface area contributed by atoms with Crippen molar-refractivity contribution in [3.05, 3.63) is 99.5 Å². The van der Waals surface area contributed by atoms with Crippen LogP contribution in [0.3, 0.4) is 0 Å². The lowest BCUT2D eigenvalue weighted by atomic mass is 9.87. The predicted molar refractivity (Wildman–Crippen MR) is 172 cm³/mol. The average molecular weight is 633 g/mol. The molecular weight excluding hydrogens is 593 g/mol. The summed E-state index contributed by atoms with van der Waals surface area (Å²) in [7, 11) is -3.87. The van der Waals surface area contributed by atoms with Gasteiger partial charge in [0, 0.05) is 34.6 Å². The summed E-state index contributed by atoms with van der Waals surface area (Å²) >= 11 is 13.0. The molecule has 0 aromatic heterocycles. The van der Waals surface area contributed by atoms with Crippen LogP contribution in [0.1, 0.15) is 51.3 Å². The van der Waals surface area contributed by atoms with Gasteiger partial charge in [0.25, 0.3) is 0 Å². The van der Waals surface area contributed by atoms with Crippen molar-refractivity contribution in [2.75, 3.05) is 17.1 Å². The maximum Gasteiger partial charge on any atom is 0.244 e. The monoisotopic (exact) mass is 631 g/mol. The molecule has 226 valence electrons. The van der Waals surface area contributed by atoms with E-state index in [4.69, 9.17) is 23.2 Å². The van der Waals surface area contributed by atoms with Crippen LogP contribution in [0.2, 0.25) is 10.0 Å². The van der Waals surface area contributed by atoms with Gasteiger partial charge in [0.15, 0.2) is 0 Å². The fourth-order valence-corrected chi connectivity index (χ4v) is 5.90. The van der Waals surface area contributed by atoms with Crippen molar-refractivity contribution in [3.8, 4) is 0 Å². The molecule has 0 fully saturated rings. The Kier molecular flexibility index (Phi) is 11.1. The molecule has 0 bridgehead atoms. The van der Waals surface area contributed by atoms with Gasteiger partial charge in [0.2, 0.25) is 21.8 Å². The number of hydrogen-bond donors (Lipinski definition) is 1. The summed E-state index contributed by atoms with van der Waals surface area (Å²) < 4.78 is 27.1. The third kappa shape index (κ3) is 8.96. The predicted octanol–water partition coefficient (Wildman–Crippen LogP) is 6.22. The minimum Gasteiger partial charge on any atom is -0.352 e. The van der Waals surface area contributed by atoms with Gasteiger partial charge in [-0.3, -0.25) is 13.9 Å². The second-order valence-corrected chi connectivity index (χ2v) is 14.4. The van der Waals surface area contributed by atoms with Crippen molar-refractivity contribution in [1.29, 1.82) is 0 Å². The fourth-order valence-electron chi connectivity index (χ4n) is 4.53. The van der Waals surface area contributed by atoms with Crippen LogP contribution in [0.5, 0.6) is 0 Å². The number of nitrogens with zero attached hydrogens (tertiary/aromatic N) is 2. The maximum absolute atomic E-state index is 14.2. The van der Waals surface area contributed by atoms with Crippen molar-refractivity contribution >= 4 is 50.7 Å². The number of benzene rings is 3. The van der Waals surface area contributed by atoms with Gasteiger partial charge in [-0.15, -0.1) is 0 Å². The zero-order valence-electron chi connectivity index (χ0n) is 24.9. The van der Waals surface area contributed by atoms with E-state index in [9.17, 15) is 18.0 Å². The first kappa shape index (κ1) is 33.4. The Morgan fingerprint density at radius 1 is 0.881 bits per heavy atom. The Bertz CT molecular complexity index is 1470. The molecule has 0 saturated heterocycles. The van der Waals surface area contributed by atoms with E-state index in [1.54, 1.807) is 30.3 Å². The quantitative estimate of drug-likeness (QED) is 0.272. The van der Waals surface area contributed by atoms with Gasteiger partial charge < -0.3 is 10.2 Å². The van der Waals surface area contributed by atoms with Crippen molar-refractivity contribution in [2.45, 2.75) is 65.1 Å². The van der Waals surface area contributed by atoms with E-state index in [-0.39, 0.29) is 30.3 Å². The molecular formula is C32H39Cl2N3O4S. The van der Waals surface area contributed by atoms with Crippen molar-refractivity contribution in [3.63, 3.8) is 0 Å². The Morgan fingerprint density at radius 3 is 1.95 bits per heavy atom. The molecule has 0 aliphatic heterocycles.